The molecule has 0 spiro atoms. The summed E-state index contributed by atoms with van der Waals surface area (Å²) in [6.07, 6.45) is 0.165. The molecule has 0 radical (unpaired) electrons. The van der Waals surface area contributed by atoms with Gasteiger partial charge in [0, 0.05) is 18.7 Å². The quantitative estimate of drug-likeness (QED) is 0.861. The zero-order valence-corrected chi connectivity index (χ0v) is 15.0. The molecule has 1 N–H and O–H groups in total. The Morgan fingerprint density at radius 2 is 1.96 bits per heavy atom. The number of aromatic nitrogens is 3. The molecular weight excluding hydrogens is 324 g/mol. The van der Waals surface area contributed by atoms with Crippen molar-refractivity contribution in [3.8, 4) is 11.4 Å². The molecule has 6 nitrogen and oxygen atoms in total. The summed E-state index contributed by atoms with van der Waals surface area (Å²) in [6, 6.07) is 8.09. The third kappa shape index (κ3) is 4.15. The van der Waals surface area contributed by atoms with Crippen molar-refractivity contribution in [3.05, 3.63) is 29.8 Å². The molecule has 0 unspecified atom stereocenters. The Labute approximate surface area is 146 Å². The summed E-state index contributed by atoms with van der Waals surface area (Å²) in [7, 11) is 0. The first-order valence-corrected chi connectivity index (χ1v) is 9.05. The smallest absolute Gasteiger partial charge is 0.233 e. The van der Waals surface area contributed by atoms with Crippen LogP contribution in [0, 0.1) is 6.92 Å². The normalized spacial score (nSPS) is 21.0. The number of H-pyrrole nitrogens is 1. The molecule has 1 saturated heterocycles. The van der Waals surface area contributed by atoms with Gasteiger partial charge in [0.25, 0.3) is 0 Å². The van der Waals surface area contributed by atoms with Crippen LogP contribution in [0.5, 0.6) is 0 Å². The van der Waals surface area contributed by atoms with Crippen LogP contribution in [-0.4, -0.2) is 57.0 Å². The van der Waals surface area contributed by atoms with E-state index < -0.39 is 0 Å². The van der Waals surface area contributed by atoms with Crippen LogP contribution >= 0.6 is 11.8 Å². The molecule has 3 rings (SSSR count). The van der Waals surface area contributed by atoms with E-state index in [1.54, 1.807) is 0 Å². The Kier molecular flexibility index (Phi) is 5.20. The number of benzene rings is 1. The standard InChI is InChI=1S/C17H22N4O2S/c1-11-4-6-14(7-5-11)16-18-17(20-19-16)24-10-15(22)21-8-12(2)23-13(3)9-21/h4-7,12-13H,8-10H2,1-3H3,(H,18,19,20)/t12-,13-/m0/s1. The van der Waals surface area contributed by atoms with E-state index >= 15 is 0 Å². The lowest BCUT2D eigenvalue weighted by atomic mass is 10.1. The number of rotatable bonds is 4. The number of thioether (sulfide) groups is 1. The van der Waals surface area contributed by atoms with E-state index in [0.717, 1.165) is 11.4 Å². The van der Waals surface area contributed by atoms with Crippen LogP contribution in [0.4, 0.5) is 0 Å². The summed E-state index contributed by atoms with van der Waals surface area (Å²) < 4.78 is 5.66. The summed E-state index contributed by atoms with van der Waals surface area (Å²) in [5.74, 6) is 1.16. The number of hydrogen-bond donors (Lipinski definition) is 1. The van der Waals surface area contributed by atoms with Crippen LogP contribution in [-0.2, 0) is 9.53 Å². The molecule has 1 aromatic heterocycles. The summed E-state index contributed by atoms with van der Waals surface area (Å²) in [4.78, 5) is 18.7. The molecule has 1 fully saturated rings. The third-order valence-corrected chi connectivity index (χ3v) is 4.72. The highest BCUT2D eigenvalue weighted by atomic mass is 32.2. The fraction of sp³-hybridized carbons (Fsp3) is 0.471. The Morgan fingerprint density at radius 3 is 2.62 bits per heavy atom. The maximum absolute atomic E-state index is 12.4. The highest BCUT2D eigenvalue weighted by Gasteiger charge is 2.25. The van der Waals surface area contributed by atoms with Crippen LogP contribution in [0.15, 0.2) is 29.4 Å². The summed E-state index contributed by atoms with van der Waals surface area (Å²) in [6.45, 7) is 7.32. The minimum atomic E-state index is 0.0827. The number of nitrogens with zero attached hydrogens (tertiary/aromatic N) is 3. The van der Waals surface area contributed by atoms with E-state index in [4.69, 9.17) is 4.74 Å². The average molecular weight is 346 g/mol. The van der Waals surface area contributed by atoms with Crippen molar-refractivity contribution in [1.29, 1.82) is 0 Å². The van der Waals surface area contributed by atoms with Crippen LogP contribution < -0.4 is 0 Å². The van der Waals surface area contributed by atoms with E-state index in [2.05, 4.69) is 15.2 Å². The largest absolute Gasteiger partial charge is 0.372 e. The van der Waals surface area contributed by atoms with E-state index in [9.17, 15) is 4.79 Å². The first kappa shape index (κ1) is 17.0. The zero-order valence-electron chi connectivity index (χ0n) is 14.2. The maximum atomic E-state index is 12.4. The topological polar surface area (TPSA) is 71.1 Å². The molecule has 7 heteroatoms. The second kappa shape index (κ2) is 7.36. The lowest BCUT2D eigenvalue weighted by Gasteiger charge is -2.35. The van der Waals surface area contributed by atoms with Gasteiger partial charge >= 0.3 is 0 Å². The lowest BCUT2D eigenvalue weighted by molar-refractivity contribution is -0.140. The molecule has 0 aliphatic carbocycles. The number of aromatic amines is 1. The molecule has 1 aliphatic heterocycles. The molecule has 0 bridgehead atoms. The van der Waals surface area contributed by atoms with Crippen LogP contribution in [0.3, 0.4) is 0 Å². The monoisotopic (exact) mass is 346 g/mol. The van der Waals surface area contributed by atoms with Gasteiger partial charge in [-0.25, -0.2) is 4.98 Å². The van der Waals surface area contributed by atoms with Crippen molar-refractivity contribution in [3.63, 3.8) is 0 Å². The molecule has 2 heterocycles. The number of morpholine rings is 1. The van der Waals surface area contributed by atoms with Gasteiger partial charge in [-0.05, 0) is 20.8 Å². The summed E-state index contributed by atoms with van der Waals surface area (Å²) in [5, 5.41) is 7.72. The van der Waals surface area contributed by atoms with Crippen molar-refractivity contribution in [2.75, 3.05) is 18.8 Å². The SMILES string of the molecule is Cc1ccc(-c2nc(SCC(=O)N3C[C@H](C)O[C@@H](C)C3)n[nH]2)cc1. The van der Waals surface area contributed by atoms with E-state index in [0.29, 0.717) is 24.0 Å². The van der Waals surface area contributed by atoms with Gasteiger partial charge in [-0.3, -0.25) is 9.89 Å². The molecule has 0 saturated carbocycles. The number of ether oxygens (including phenoxy) is 1. The van der Waals surface area contributed by atoms with E-state index in [-0.39, 0.29) is 18.1 Å². The second-order valence-corrected chi connectivity index (χ2v) is 7.12. The molecule has 24 heavy (non-hydrogen) atoms. The Hall–Kier alpha value is -1.86. The number of amides is 1. The zero-order chi connectivity index (χ0) is 17.1. The molecular formula is C17H22N4O2S. The van der Waals surface area contributed by atoms with Crippen molar-refractivity contribution in [2.24, 2.45) is 0 Å². The van der Waals surface area contributed by atoms with Gasteiger partial charge in [0.15, 0.2) is 5.82 Å². The van der Waals surface area contributed by atoms with Crippen LogP contribution in [0.1, 0.15) is 19.4 Å². The minimum absolute atomic E-state index is 0.0827. The first-order chi connectivity index (χ1) is 11.5. The number of carbonyl (C=O) groups is 1. The van der Waals surface area contributed by atoms with E-state index in [1.165, 1.54) is 17.3 Å². The number of nitrogens with one attached hydrogen (secondary N) is 1. The maximum Gasteiger partial charge on any atom is 0.233 e. The van der Waals surface area contributed by atoms with Crippen LogP contribution in [0.2, 0.25) is 0 Å². The predicted octanol–water partition coefficient (Wildman–Crippen LogP) is 2.51. The van der Waals surface area contributed by atoms with Crippen molar-refractivity contribution in [2.45, 2.75) is 38.1 Å². The second-order valence-electron chi connectivity index (χ2n) is 6.18. The van der Waals surface area contributed by atoms with Gasteiger partial charge in [0.05, 0.1) is 18.0 Å². The molecule has 1 aromatic carbocycles. The average Bonchev–Trinajstić information content (AvgIpc) is 3.01. The highest BCUT2D eigenvalue weighted by molar-refractivity contribution is 7.99. The highest BCUT2D eigenvalue weighted by Crippen LogP contribution is 2.20. The van der Waals surface area contributed by atoms with Gasteiger partial charge in [-0.2, -0.15) is 0 Å². The van der Waals surface area contributed by atoms with Gasteiger partial charge in [-0.15, -0.1) is 5.10 Å². The third-order valence-electron chi connectivity index (χ3n) is 3.89. The lowest BCUT2D eigenvalue weighted by Crippen LogP contribution is -2.48. The Balaban J connectivity index is 1.57. The first-order valence-electron chi connectivity index (χ1n) is 8.06. The van der Waals surface area contributed by atoms with Crippen molar-refractivity contribution < 1.29 is 9.53 Å². The van der Waals surface area contributed by atoms with E-state index in [1.807, 2.05) is 49.9 Å². The fourth-order valence-electron chi connectivity index (χ4n) is 2.75. The molecule has 1 aliphatic rings. The number of aryl methyl sites for hydroxylation is 1. The summed E-state index contributed by atoms with van der Waals surface area (Å²) >= 11 is 1.36. The molecule has 1 amide bonds. The summed E-state index contributed by atoms with van der Waals surface area (Å²) in [5.41, 5.74) is 2.19. The van der Waals surface area contributed by atoms with Gasteiger partial charge in [-0.1, -0.05) is 41.6 Å². The van der Waals surface area contributed by atoms with Gasteiger partial charge in [0.1, 0.15) is 0 Å². The fourth-order valence-corrected chi connectivity index (χ4v) is 3.45. The molecule has 128 valence electrons. The molecule has 2 aromatic rings. The predicted molar refractivity (Wildman–Crippen MR) is 93.9 cm³/mol. The molecule has 2 atom stereocenters. The van der Waals surface area contributed by atoms with Crippen molar-refractivity contribution in [1.82, 2.24) is 20.1 Å². The van der Waals surface area contributed by atoms with Crippen LogP contribution in [0.25, 0.3) is 11.4 Å². The van der Waals surface area contributed by atoms with Gasteiger partial charge in [0.2, 0.25) is 11.1 Å². The van der Waals surface area contributed by atoms with Gasteiger partial charge < -0.3 is 9.64 Å². The minimum Gasteiger partial charge on any atom is -0.372 e. The Bertz CT molecular complexity index is 691. The van der Waals surface area contributed by atoms with Crippen molar-refractivity contribution >= 4 is 17.7 Å². The number of hydrogen-bond acceptors (Lipinski definition) is 5. The number of carbonyl (C=O) groups excluding carboxylic acids is 1. The Morgan fingerprint density at radius 1 is 1.29 bits per heavy atom.